The predicted octanol–water partition coefficient (Wildman–Crippen LogP) is 8.12. The Balaban J connectivity index is 3.18. The van der Waals surface area contributed by atoms with Gasteiger partial charge in [0.25, 0.3) is 0 Å². The second-order valence-electron chi connectivity index (χ2n) is 10.5. The van der Waals surface area contributed by atoms with E-state index in [0.717, 1.165) is 61.1 Å². The minimum Gasteiger partial charge on any atom is -0.457 e. The molecule has 0 aromatic heterocycles. The molecule has 1 N–H and O–H groups in total. The van der Waals surface area contributed by atoms with Crippen LogP contribution in [-0.2, 0) is 9.53 Å². The zero-order valence-electron chi connectivity index (χ0n) is 22.4. The first-order valence-corrected chi connectivity index (χ1v) is 13.3. The topological polar surface area (TPSA) is 53.4 Å². The molecule has 0 fully saturated rings. The number of hydrogen-bond acceptors (Lipinski definition) is 4. The van der Waals surface area contributed by atoms with Crippen molar-refractivity contribution in [3.63, 3.8) is 0 Å². The van der Waals surface area contributed by atoms with Gasteiger partial charge in [0.15, 0.2) is 0 Å². The van der Waals surface area contributed by atoms with Crippen LogP contribution in [0.4, 0.5) is 0 Å². The SMILES string of the molecule is C=C(CCCN(CCC)C1=C=CCC=C(Br)C=CC1(C)CC(CC)C(C)=N)C(=O)OC(C)(C)C. The van der Waals surface area contributed by atoms with Gasteiger partial charge in [0, 0.05) is 34.3 Å². The van der Waals surface area contributed by atoms with Gasteiger partial charge in [-0.1, -0.05) is 54.6 Å². The Labute approximate surface area is 216 Å². The highest BCUT2D eigenvalue weighted by atomic mass is 79.9. The van der Waals surface area contributed by atoms with Crippen LogP contribution in [0.3, 0.4) is 0 Å². The first-order valence-electron chi connectivity index (χ1n) is 12.5. The molecule has 0 aromatic rings. The fourth-order valence-corrected chi connectivity index (χ4v) is 4.50. The number of nitrogens with one attached hydrogen (secondary N) is 1. The summed E-state index contributed by atoms with van der Waals surface area (Å²) in [5, 5.41) is 8.30. The van der Waals surface area contributed by atoms with Crippen LogP contribution in [0, 0.1) is 16.7 Å². The van der Waals surface area contributed by atoms with E-state index in [1.54, 1.807) is 0 Å². The minimum absolute atomic E-state index is 0.213. The molecule has 0 saturated heterocycles. The van der Waals surface area contributed by atoms with E-state index in [1.807, 2.05) is 27.7 Å². The third-order valence-electron chi connectivity index (χ3n) is 6.00. The Kier molecular flexibility index (Phi) is 12.3. The third-order valence-corrected chi connectivity index (χ3v) is 6.59. The van der Waals surface area contributed by atoms with Crippen LogP contribution in [-0.4, -0.2) is 35.3 Å². The molecule has 1 aliphatic carbocycles. The van der Waals surface area contributed by atoms with Crippen LogP contribution in [0.5, 0.6) is 0 Å². The number of hydrogen-bond donors (Lipinski definition) is 1. The lowest BCUT2D eigenvalue weighted by atomic mass is 9.75. The first-order chi connectivity index (χ1) is 15.8. The summed E-state index contributed by atoms with van der Waals surface area (Å²) in [6, 6.07) is 0. The maximum atomic E-state index is 12.3. The molecule has 5 heteroatoms. The van der Waals surface area contributed by atoms with Gasteiger partial charge in [0.2, 0.25) is 0 Å². The summed E-state index contributed by atoms with van der Waals surface area (Å²) in [6.45, 7) is 19.8. The van der Waals surface area contributed by atoms with Crippen molar-refractivity contribution >= 4 is 27.6 Å². The van der Waals surface area contributed by atoms with Gasteiger partial charge in [-0.05, 0) is 85.1 Å². The lowest BCUT2D eigenvalue weighted by Crippen LogP contribution is -2.36. The Morgan fingerprint density at radius 2 is 2.03 bits per heavy atom. The number of halogens is 1. The highest BCUT2D eigenvalue weighted by Gasteiger charge is 2.33. The largest absolute Gasteiger partial charge is 0.457 e. The average molecular weight is 534 g/mol. The van der Waals surface area contributed by atoms with Gasteiger partial charge in [-0.25, -0.2) is 4.79 Å². The molecule has 190 valence electrons. The smallest absolute Gasteiger partial charge is 0.333 e. The molecular weight excluding hydrogens is 488 g/mol. The van der Waals surface area contributed by atoms with Crippen LogP contribution in [0.15, 0.2) is 52.4 Å². The highest BCUT2D eigenvalue weighted by molar-refractivity contribution is 9.11. The van der Waals surface area contributed by atoms with Crippen molar-refractivity contribution in [2.45, 2.75) is 92.6 Å². The number of ether oxygens (including phenoxy) is 1. The quantitative estimate of drug-likeness (QED) is 0.119. The number of carbonyl (C=O) groups excluding carboxylic acids is 1. The summed E-state index contributed by atoms with van der Waals surface area (Å²) in [7, 11) is 0. The maximum absolute atomic E-state index is 12.3. The van der Waals surface area contributed by atoms with Gasteiger partial charge in [-0.3, -0.25) is 0 Å². The number of esters is 1. The summed E-state index contributed by atoms with van der Waals surface area (Å²) in [6.07, 6.45) is 13.7. The molecule has 0 aromatic carbocycles. The van der Waals surface area contributed by atoms with Crippen molar-refractivity contribution in [2.24, 2.45) is 11.3 Å². The van der Waals surface area contributed by atoms with Crippen molar-refractivity contribution in [3.05, 3.63) is 52.4 Å². The van der Waals surface area contributed by atoms with Gasteiger partial charge in [-0.15, -0.1) is 5.73 Å². The highest BCUT2D eigenvalue weighted by Crippen LogP contribution is 2.40. The fourth-order valence-electron chi connectivity index (χ4n) is 4.18. The molecule has 2 atom stereocenters. The molecule has 0 bridgehead atoms. The van der Waals surface area contributed by atoms with Gasteiger partial charge < -0.3 is 15.0 Å². The molecule has 34 heavy (non-hydrogen) atoms. The average Bonchev–Trinajstić information content (AvgIpc) is 2.80. The second-order valence-corrected chi connectivity index (χ2v) is 11.4. The van der Waals surface area contributed by atoms with E-state index in [2.05, 4.69) is 78.2 Å². The summed E-state index contributed by atoms with van der Waals surface area (Å²) in [4.78, 5) is 14.7. The molecule has 2 unspecified atom stereocenters. The van der Waals surface area contributed by atoms with E-state index in [9.17, 15) is 4.79 Å². The molecule has 0 heterocycles. The van der Waals surface area contributed by atoms with Crippen molar-refractivity contribution in [2.75, 3.05) is 13.1 Å². The molecule has 1 aliphatic rings. The summed E-state index contributed by atoms with van der Waals surface area (Å²) in [5.41, 5.74) is 5.25. The maximum Gasteiger partial charge on any atom is 0.333 e. The van der Waals surface area contributed by atoms with E-state index in [-0.39, 0.29) is 17.3 Å². The normalized spacial score (nSPS) is 19.3. The molecule has 4 nitrogen and oxygen atoms in total. The lowest BCUT2D eigenvalue weighted by molar-refractivity contribution is -0.150. The first kappa shape index (κ1) is 30.2. The molecule has 0 aliphatic heterocycles. The van der Waals surface area contributed by atoms with Gasteiger partial charge in [0.05, 0.1) is 5.70 Å². The van der Waals surface area contributed by atoms with Crippen molar-refractivity contribution < 1.29 is 9.53 Å². The third kappa shape index (κ3) is 10.2. The van der Waals surface area contributed by atoms with Gasteiger partial charge in [-0.2, -0.15) is 0 Å². The zero-order chi connectivity index (χ0) is 25.9. The van der Waals surface area contributed by atoms with Crippen LogP contribution in [0.25, 0.3) is 0 Å². The number of rotatable bonds is 12. The molecule has 0 amide bonds. The Hall–Kier alpha value is -1.84. The van der Waals surface area contributed by atoms with Crippen LogP contribution >= 0.6 is 15.9 Å². The molecular formula is C29H45BrN2O2. The van der Waals surface area contributed by atoms with Crippen LogP contribution in [0.1, 0.15) is 87.0 Å². The Morgan fingerprint density at radius 3 is 2.59 bits per heavy atom. The standard InChI is InChI=1S/C29H45BrN2O2/c1-9-19-32(20-13-14-22(3)27(33)34-28(5,6)7)26-16-12-11-15-25(30)17-18-29(26,8)21-24(10-2)23(4)31/h12,15,17-18,24,31H,3,9-11,13-14,19-21H2,1-2,4-8H3. The number of nitrogens with zero attached hydrogens (tertiary/aromatic N) is 1. The summed E-state index contributed by atoms with van der Waals surface area (Å²) >= 11 is 3.66. The van der Waals surface area contributed by atoms with E-state index < -0.39 is 5.60 Å². The van der Waals surface area contributed by atoms with Crippen LogP contribution < -0.4 is 0 Å². The molecule has 0 radical (unpaired) electrons. The van der Waals surface area contributed by atoms with E-state index in [1.165, 1.54) is 0 Å². The van der Waals surface area contributed by atoms with Gasteiger partial charge in [0.1, 0.15) is 5.60 Å². The fraction of sp³-hybridized carbons (Fsp3) is 0.621. The molecule has 0 spiro atoms. The summed E-state index contributed by atoms with van der Waals surface area (Å²) in [5.74, 6) is -0.0996. The van der Waals surface area contributed by atoms with Crippen molar-refractivity contribution in [1.82, 2.24) is 4.90 Å². The number of allylic oxidation sites excluding steroid dienone is 4. The molecule has 0 saturated carbocycles. The number of carbonyl (C=O) groups is 1. The minimum atomic E-state index is -0.513. The monoisotopic (exact) mass is 532 g/mol. The predicted molar refractivity (Wildman–Crippen MR) is 148 cm³/mol. The van der Waals surface area contributed by atoms with Crippen molar-refractivity contribution in [3.8, 4) is 0 Å². The lowest BCUT2D eigenvalue weighted by Gasteiger charge is -2.39. The van der Waals surface area contributed by atoms with E-state index >= 15 is 0 Å². The van der Waals surface area contributed by atoms with Crippen LogP contribution in [0.2, 0.25) is 0 Å². The summed E-state index contributed by atoms with van der Waals surface area (Å²) < 4.78 is 6.54. The Bertz CT molecular complexity index is 856. The van der Waals surface area contributed by atoms with Gasteiger partial charge >= 0.3 is 5.97 Å². The zero-order valence-corrected chi connectivity index (χ0v) is 24.0. The molecule has 1 rings (SSSR count). The second kappa shape index (κ2) is 13.9. The van der Waals surface area contributed by atoms with E-state index in [0.29, 0.717) is 12.0 Å². The van der Waals surface area contributed by atoms with Crippen molar-refractivity contribution in [1.29, 1.82) is 5.41 Å². The Morgan fingerprint density at radius 1 is 1.35 bits per heavy atom. The van der Waals surface area contributed by atoms with E-state index in [4.69, 9.17) is 10.1 Å².